The van der Waals surface area contributed by atoms with Crippen LogP contribution in [0.1, 0.15) is 85.1 Å². The lowest BCUT2D eigenvalue weighted by Crippen LogP contribution is -2.41. The van der Waals surface area contributed by atoms with Crippen LogP contribution in [-0.4, -0.2) is 34.0 Å². The predicted molar refractivity (Wildman–Crippen MR) is 151 cm³/mol. The quantitative estimate of drug-likeness (QED) is 0.411. The number of halogens is 1. The zero-order valence-electron chi connectivity index (χ0n) is 24.0. The summed E-state index contributed by atoms with van der Waals surface area (Å²) in [7, 11) is -0.662. The molecule has 0 atom stereocenters. The van der Waals surface area contributed by atoms with Crippen molar-refractivity contribution < 1.29 is 18.5 Å². The Morgan fingerprint density at radius 3 is 2.16 bits per heavy atom. The maximum Gasteiger partial charge on any atom is 0.494 e. The summed E-state index contributed by atoms with van der Waals surface area (Å²) < 4.78 is 28.9. The fourth-order valence-electron chi connectivity index (χ4n) is 4.23. The van der Waals surface area contributed by atoms with Gasteiger partial charge in [-0.1, -0.05) is 58.9 Å². The van der Waals surface area contributed by atoms with E-state index in [2.05, 4.69) is 52.1 Å². The minimum absolute atomic E-state index is 0.113. The van der Waals surface area contributed by atoms with Crippen molar-refractivity contribution in [1.82, 2.24) is 9.78 Å². The van der Waals surface area contributed by atoms with Gasteiger partial charge in [-0.3, -0.25) is 4.79 Å². The topological polar surface area (TPSA) is 65.4 Å². The number of nitrogens with one attached hydrogen (secondary N) is 1. The first kappa shape index (κ1) is 28.1. The molecule has 0 bridgehead atoms. The van der Waals surface area contributed by atoms with Crippen molar-refractivity contribution in [2.45, 2.75) is 91.3 Å². The highest BCUT2D eigenvalue weighted by atomic mass is 19.1. The van der Waals surface area contributed by atoms with Crippen LogP contribution in [0.2, 0.25) is 0 Å². The minimum Gasteiger partial charge on any atom is -0.399 e. The second-order valence-corrected chi connectivity index (χ2v) is 12.5. The third-order valence-corrected chi connectivity index (χ3v) is 7.50. The zero-order valence-corrected chi connectivity index (χ0v) is 24.0. The molecule has 1 aromatic heterocycles. The monoisotopic (exact) mass is 519 g/mol. The molecule has 0 spiro atoms. The second kappa shape index (κ2) is 9.97. The van der Waals surface area contributed by atoms with E-state index in [0.29, 0.717) is 22.8 Å². The van der Waals surface area contributed by atoms with Crippen molar-refractivity contribution in [3.63, 3.8) is 0 Å². The largest absolute Gasteiger partial charge is 0.494 e. The molecule has 1 fully saturated rings. The molecule has 0 radical (unpaired) electrons. The average Bonchev–Trinajstić information content (AvgIpc) is 3.32. The van der Waals surface area contributed by atoms with Gasteiger partial charge in [-0.15, -0.1) is 0 Å². The van der Waals surface area contributed by atoms with Gasteiger partial charge in [0, 0.05) is 11.5 Å². The molecule has 8 heteroatoms. The summed E-state index contributed by atoms with van der Waals surface area (Å²) in [5, 5.41) is 7.73. The van der Waals surface area contributed by atoms with Crippen molar-refractivity contribution in [1.29, 1.82) is 0 Å². The van der Waals surface area contributed by atoms with Crippen LogP contribution in [0, 0.1) is 5.82 Å². The third kappa shape index (κ3) is 5.71. The lowest BCUT2D eigenvalue weighted by atomic mass is 9.78. The highest BCUT2D eigenvalue weighted by molar-refractivity contribution is 6.62. The summed E-state index contributed by atoms with van der Waals surface area (Å²) in [6, 6.07) is 14.8. The Balaban J connectivity index is 1.53. The van der Waals surface area contributed by atoms with Crippen molar-refractivity contribution >= 4 is 24.3 Å². The van der Waals surface area contributed by atoms with Crippen LogP contribution in [0.15, 0.2) is 48.5 Å². The molecule has 6 nitrogen and oxygen atoms in total. The maximum atomic E-state index is 15.1. The Bertz CT molecular complexity index is 1310. The van der Waals surface area contributed by atoms with Crippen LogP contribution in [-0.2, 0) is 25.9 Å². The summed E-state index contributed by atoms with van der Waals surface area (Å²) >= 11 is 0. The summed E-state index contributed by atoms with van der Waals surface area (Å²) in [5.41, 5.74) is 2.55. The molecule has 1 amide bonds. The van der Waals surface area contributed by atoms with E-state index < -0.39 is 24.1 Å². The SMILES string of the molecule is CC(C)c1ccc(-n2nc(C(C)(C)C)cc2NC(=O)Cc2ccc(B3OC(C)(C)C(C)(C)O3)cc2F)cc1. The number of rotatable bonds is 6. The minimum atomic E-state index is -0.662. The van der Waals surface area contributed by atoms with E-state index in [0.717, 1.165) is 11.4 Å². The molecule has 4 rings (SSSR count). The number of hydrogen-bond donors (Lipinski definition) is 1. The van der Waals surface area contributed by atoms with Crippen LogP contribution in [0.3, 0.4) is 0 Å². The Kier molecular flexibility index (Phi) is 7.36. The maximum absolute atomic E-state index is 15.1. The van der Waals surface area contributed by atoms with Crippen LogP contribution in [0.5, 0.6) is 0 Å². The smallest absolute Gasteiger partial charge is 0.399 e. The summed E-state index contributed by atoms with van der Waals surface area (Å²) in [6.45, 7) is 18.3. The summed E-state index contributed by atoms with van der Waals surface area (Å²) in [4.78, 5) is 13.1. The molecule has 38 heavy (non-hydrogen) atoms. The molecule has 0 aliphatic carbocycles. The number of hydrogen-bond acceptors (Lipinski definition) is 4. The van der Waals surface area contributed by atoms with Crippen molar-refractivity contribution in [2.75, 3.05) is 5.32 Å². The number of anilines is 1. The normalized spacial score (nSPS) is 16.8. The van der Waals surface area contributed by atoms with Gasteiger partial charge in [0.2, 0.25) is 5.91 Å². The molecule has 3 aromatic rings. The molecule has 202 valence electrons. The number of carbonyl (C=O) groups is 1. The lowest BCUT2D eigenvalue weighted by Gasteiger charge is -2.32. The molecule has 1 N–H and O–H groups in total. The molecule has 0 unspecified atom stereocenters. The third-order valence-electron chi connectivity index (χ3n) is 7.50. The van der Waals surface area contributed by atoms with Gasteiger partial charge in [0.15, 0.2) is 0 Å². The van der Waals surface area contributed by atoms with Crippen molar-refractivity contribution in [3.8, 4) is 5.69 Å². The van der Waals surface area contributed by atoms with Gasteiger partial charge < -0.3 is 14.6 Å². The Morgan fingerprint density at radius 1 is 1.03 bits per heavy atom. The van der Waals surface area contributed by atoms with Gasteiger partial charge in [0.05, 0.1) is 29.0 Å². The van der Waals surface area contributed by atoms with Gasteiger partial charge in [0.1, 0.15) is 11.6 Å². The molecule has 1 aliphatic rings. The molecule has 1 saturated heterocycles. The van der Waals surface area contributed by atoms with Crippen LogP contribution < -0.4 is 10.8 Å². The molecular formula is C30H39BFN3O3. The highest BCUT2D eigenvalue weighted by Gasteiger charge is 2.51. The van der Waals surface area contributed by atoms with E-state index in [4.69, 9.17) is 14.4 Å². The first-order valence-electron chi connectivity index (χ1n) is 13.2. The lowest BCUT2D eigenvalue weighted by molar-refractivity contribution is -0.115. The van der Waals surface area contributed by atoms with E-state index in [9.17, 15) is 4.79 Å². The van der Waals surface area contributed by atoms with Crippen LogP contribution in [0.4, 0.5) is 10.2 Å². The van der Waals surface area contributed by atoms with E-state index in [1.165, 1.54) is 11.6 Å². The highest BCUT2D eigenvalue weighted by Crippen LogP contribution is 2.36. The zero-order chi connectivity index (χ0) is 28.0. The van der Waals surface area contributed by atoms with Crippen LogP contribution >= 0.6 is 0 Å². The van der Waals surface area contributed by atoms with Gasteiger partial charge in [-0.2, -0.15) is 5.10 Å². The summed E-state index contributed by atoms with van der Waals surface area (Å²) in [5.74, 6) is 0.164. The fraction of sp³-hybridized carbons (Fsp3) is 0.467. The van der Waals surface area contributed by atoms with E-state index in [1.807, 2.05) is 45.9 Å². The fourth-order valence-corrected chi connectivity index (χ4v) is 4.23. The van der Waals surface area contributed by atoms with E-state index in [-0.39, 0.29) is 17.7 Å². The standard InChI is InChI=1S/C30H39BFN3O3/c1-19(2)20-11-14-23(15-12-20)35-26(18-25(34-35)28(3,4)5)33-27(36)16-21-10-13-22(17-24(21)32)31-37-29(6,7)30(8,9)38-31/h10-15,17-19H,16H2,1-9H3,(H,33,36). The number of amides is 1. The van der Waals surface area contributed by atoms with Crippen LogP contribution in [0.25, 0.3) is 5.69 Å². The van der Waals surface area contributed by atoms with Gasteiger partial charge >= 0.3 is 7.12 Å². The van der Waals surface area contributed by atoms with Gasteiger partial charge in [-0.25, -0.2) is 9.07 Å². The van der Waals surface area contributed by atoms with Crippen molar-refractivity contribution in [2.24, 2.45) is 0 Å². The van der Waals surface area contributed by atoms with E-state index >= 15 is 4.39 Å². The number of carbonyl (C=O) groups excluding carboxylic acids is 1. The first-order chi connectivity index (χ1) is 17.6. The number of benzene rings is 2. The Labute approximate surface area is 226 Å². The van der Waals surface area contributed by atoms with Crippen molar-refractivity contribution in [3.05, 3.63) is 71.2 Å². The summed E-state index contributed by atoms with van der Waals surface area (Å²) in [6.07, 6.45) is -0.113. The molecular weight excluding hydrogens is 480 g/mol. The Morgan fingerprint density at radius 2 is 1.63 bits per heavy atom. The van der Waals surface area contributed by atoms with Gasteiger partial charge in [0.25, 0.3) is 0 Å². The molecule has 1 aliphatic heterocycles. The second-order valence-electron chi connectivity index (χ2n) is 12.5. The molecule has 0 saturated carbocycles. The number of nitrogens with zero attached hydrogens (tertiary/aromatic N) is 2. The molecule has 2 heterocycles. The number of aromatic nitrogens is 2. The predicted octanol–water partition coefficient (Wildman–Crippen LogP) is 5.91. The first-order valence-corrected chi connectivity index (χ1v) is 13.2. The van der Waals surface area contributed by atoms with E-state index in [1.54, 1.807) is 16.8 Å². The van der Waals surface area contributed by atoms with Gasteiger partial charge in [-0.05, 0) is 68.4 Å². The Hall–Kier alpha value is -2.97. The average molecular weight is 519 g/mol. The molecule has 2 aromatic carbocycles.